The van der Waals surface area contributed by atoms with E-state index in [9.17, 15) is 4.79 Å². The molecule has 1 N–H and O–H groups in total. The van der Waals surface area contributed by atoms with Gasteiger partial charge in [0.15, 0.2) is 11.5 Å². The number of carbonyl (C=O) groups is 1. The van der Waals surface area contributed by atoms with Gasteiger partial charge in [0.2, 0.25) is 6.79 Å². The Labute approximate surface area is 103 Å². The van der Waals surface area contributed by atoms with Crippen molar-refractivity contribution in [1.29, 1.82) is 0 Å². The minimum absolute atomic E-state index is 0.0213. The number of hydrogen-bond acceptors (Lipinski definition) is 4. The third kappa shape index (κ3) is 2.24. The van der Waals surface area contributed by atoms with Crippen LogP contribution in [0.5, 0.6) is 17.2 Å². The van der Waals surface area contributed by atoms with Crippen molar-refractivity contribution in [3.05, 3.63) is 16.7 Å². The summed E-state index contributed by atoms with van der Waals surface area (Å²) >= 11 is 6.02. The lowest BCUT2D eigenvalue weighted by molar-refractivity contribution is -0.136. The summed E-state index contributed by atoms with van der Waals surface area (Å²) in [6.45, 7) is 0.110. The predicted molar refractivity (Wildman–Crippen MR) is 60.1 cm³/mol. The van der Waals surface area contributed by atoms with Crippen LogP contribution in [0, 0.1) is 0 Å². The first kappa shape index (κ1) is 11.9. The lowest BCUT2D eigenvalue weighted by atomic mass is 10.1. The molecule has 0 fully saturated rings. The van der Waals surface area contributed by atoms with Crippen LogP contribution in [0.1, 0.15) is 12.0 Å². The first-order valence-electron chi connectivity index (χ1n) is 5.00. The van der Waals surface area contributed by atoms with Gasteiger partial charge >= 0.3 is 5.97 Å². The molecular weight excluding hydrogens is 248 g/mol. The highest BCUT2D eigenvalue weighted by Crippen LogP contribution is 2.45. The SMILES string of the molecule is COc1c(Cl)cc2c(c1CCC(=O)O)OCO2. The molecule has 5 nitrogen and oxygen atoms in total. The molecule has 0 aliphatic carbocycles. The highest BCUT2D eigenvalue weighted by Gasteiger charge is 2.24. The Hall–Kier alpha value is -1.62. The van der Waals surface area contributed by atoms with Crippen LogP contribution in [0.2, 0.25) is 5.02 Å². The molecule has 0 saturated heterocycles. The van der Waals surface area contributed by atoms with Gasteiger partial charge in [-0.25, -0.2) is 0 Å². The standard InChI is InChI=1S/C11H11ClO5/c1-15-10-6(2-3-9(13)14)11-8(4-7(10)12)16-5-17-11/h4H,2-3,5H2,1H3,(H,13,14). The number of fused-ring (bicyclic) bond motifs is 1. The molecule has 1 aromatic carbocycles. The van der Waals surface area contributed by atoms with Crippen LogP contribution in [-0.2, 0) is 11.2 Å². The Morgan fingerprint density at radius 1 is 1.59 bits per heavy atom. The number of rotatable bonds is 4. The van der Waals surface area contributed by atoms with E-state index < -0.39 is 5.97 Å². The fourth-order valence-corrected chi connectivity index (χ4v) is 2.03. The summed E-state index contributed by atoms with van der Waals surface area (Å²) < 4.78 is 15.7. The summed E-state index contributed by atoms with van der Waals surface area (Å²) in [5.41, 5.74) is 0.634. The lowest BCUT2D eigenvalue weighted by Gasteiger charge is -2.12. The minimum atomic E-state index is -0.889. The molecule has 0 atom stereocenters. The monoisotopic (exact) mass is 258 g/mol. The summed E-state index contributed by atoms with van der Waals surface area (Å²) in [6.07, 6.45) is 0.261. The quantitative estimate of drug-likeness (QED) is 0.896. The number of halogens is 1. The number of carboxylic acids is 1. The van der Waals surface area contributed by atoms with Crippen molar-refractivity contribution in [3.8, 4) is 17.2 Å². The van der Waals surface area contributed by atoms with Gasteiger partial charge in [-0.1, -0.05) is 11.6 Å². The number of aliphatic carboxylic acids is 1. The smallest absolute Gasteiger partial charge is 0.303 e. The average Bonchev–Trinajstić information content (AvgIpc) is 2.72. The van der Waals surface area contributed by atoms with Crippen LogP contribution < -0.4 is 14.2 Å². The van der Waals surface area contributed by atoms with Crippen LogP contribution in [0.4, 0.5) is 0 Å². The topological polar surface area (TPSA) is 65.0 Å². The van der Waals surface area contributed by atoms with E-state index in [-0.39, 0.29) is 19.6 Å². The maximum atomic E-state index is 10.6. The van der Waals surface area contributed by atoms with E-state index in [1.165, 1.54) is 7.11 Å². The van der Waals surface area contributed by atoms with Gasteiger partial charge < -0.3 is 19.3 Å². The molecule has 6 heteroatoms. The van der Waals surface area contributed by atoms with Crippen LogP contribution >= 0.6 is 11.6 Å². The van der Waals surface area contributed by atoms with Crippen LogP contribution in [-0.4, -0.2) is 25.0 Å². The largest absolute Gasteiger partial charge is 0.495 e. The Morgan fingerprint density at radius 2 is 2.35 bits per heavy atom. The molecule has 1 heterocycles. The molecule has 2 rings (SSSR count). The second-order valence-corrected chi connectivity index (χ2v) is 3.90. The van der Waals surface area contributed by atoms with Crippen molar-refractivity contribution in [2.45, 2.75) is 12.8 Å². The first-order chi connectivity index (χ1) is 8.13. The molecule has 0 unspecified atom stereocenters. The van der Waals surface area contributed by atoms with Crippen LogP contribution in [0.3, 0.4) is 0 Å². The van der Waals surface area contributed by atoms with Crippen molar-refractivity contribution in [1.82, 2.24) is 0 Å². The molecule has 1 aliphatic heterocycles. The Bertz CT molecular complexity index is 454. The zero-order chi connectivity index (χ0) is 12.4. The fraction of sp³-hybridized carbons (Fsp3) is 0.364. The highest BCUT2D eigenvalue weighted by molar-refractivity contribution is 6.32. The number of ether oxygens (including phenoxy) is 3. The summed E-state index contributed by atoms with van der Waals surface area (Å²) in [5.74, 6) is 0.598. The molecule has 0 radical (unpaired) electrons. The van der Waals surface area contributed by atoms with E-state index in [4.69, 9.17) is 30.9 Å². The van der Waals surface area contributed by atoms with E-state index in [0.717, 1.165) is 0 Å². The molecule has 1 aliphatic rings. The summed E-state index contributed by atoms with van der Waals surface area (Å²) in [5, 5.41) is 9.10. The average molecular weight is 259 g/mol. The third-order valence-electron chi connectivity index (χ3n) is 2.46. The van der Waals surface area contributed by atoms with E-state index in [0.29, 0.717) is 27.8 Å². The van der Waals surface area contributed by atoms with Gasteiger partial charge in [-0.3, -0.25) is 4.79 Å². The molecule has 0 saturated carbocycles. The van der Waals surface area contributed by atoms with E-state index in [2.05, 4.69) is 0 Å². The summed E-state index contributed by atoms with van der Waals surface area (Å²) in [4.78, 5) is 10.6. The highest BCUT2D eigenvalue weighted by atomic mass is 35.5. The zero-order valence-corrected chi connectivity index (χ0v) is 9.91. The van der Waals surface area contributed by atoms with Crippen molar-refractivity contribution in [3.63, 3.8) is 0 Å². The molecule has 0 bridgehead atoms. The Balaban J connectivity index is 2.42. The minimum Gasteiger partial charge on any atom is -0.495 e. The van der Waals surface area contributed by atoms with Crippen molar-refractivity contribution >= 4 is 17.6 Å². The van der Waals surface area contributed by atoms with Crippen LogP contribution in [0.25, 0.3) is 0 Å². The number of carboxylic acid groups (broad SMARTS) is 1. The first-order valence-corrected chi connectivity index (χ1v) is 5.38. The van der Waals surface area contributed by atoms with Crippen LogP contribution in [0.15, 0.2) is 6.07 Å². The molecule has 1 aromatic rings. The maximum absolute atomic E-state index is 10.6. The molecule has 92 valence electrons. The van der Waals surface area contributed by atoms with Gasteiger partial charge in [-0.15, -0.1) is 0 Å². The van der Waals surface area contributed by atoms with Gasteiger partial charge in [0.05, 0.1) is 12.1 Å². The number of benzene rings is 1. The van der Waals surface area contributed by atoms with Gasteiger partial charge in [-0.05, 0) is 6.42 Å². The second kappa shape index (κ2) is 4.71. The van der Waals surface area contributed by atoms with Gasteiger partial charge in [0, 0.05) is 18.1 Å². The third-order valence-corrected chi connectivity index (χ3v) is 2.74. The molecular formula is C11H11ClO5. The molecule has 0 aromatic heterocycles. The van der Waals surface area contributed by atoms with Crippen molar-refractivity contribution in [2.24, 2.45) is 0 Å². The number of hydrogen-bond donors (Lipinski definition) is 1. The van der Waals surface area contributed by atoms with Gasteiger partial charge in [-0.2, -0.15) is 0 Å². The Morgan fingerprint density at radius 3 is 3.00 bits per heavy atom. The van der Waals surface area contributed by atoms with E-state index in [1.54, 1.807) is 6.07 Å². The molecule has 17 heavy (non-hydrogen) atoms. The van der Waals surface area contributed by atoms with E-state index >= 15 is 0 Å². The zero-order valence-electron chi connectivity index (χ0n) is 9.16. The van der Waals surface area contributed by atoms with Crippen molar-refractivity contribution < 1.29 is 24.1 Å². The second-order valence-electron chi connectivity index (χ2n) is 3.50. The normalized spacial score (nSPS) is 12.6. The summed E-state index contributed by atoms with van der Waals surface area (Å²) in [6, 6.07) is 1.60. The van der Waals surface area contributed by atoms with Crippen molar-refractivity contribution in [2.75, 3.05) is 13.9 Å². The molecule has 0 spiro atoms. The predicted octanol–water partition coefficient (Wildman–Crippen LogP) is 2.09. The number of methoxy groups -OCH3 is 1. The maximum Gasteiger partial charge on any atom is 0.303 e. The summed E-state index contributed by atoms with van der Waals surface area (Å²) in [7, 11) is 1.48. The molecule has 0 amide bonds. The lowest BCUT2D eigenvalue weighted by Crippen LogP contribution is -2.01. The fourth-order valence-electron chi connectivity index (χ4n) is 1.74. The van der Waals surface area contributed by atoms with Gasteiger partial charge in [0.25, 0.3) is 0 Å². The van der Waals surface area contributed by atoms with Gasteiger partial charge in [0.1, 0.15) is 5.75 Å². The Kier molecular flexibility index (Phi) is 3.28. The van der Waals surface area contributed by atoms with E-state index in [1.807, 2.05) is 0 Å².